The third-order valence-corrected chi connectivity index (χ3v) is 7.41. The van der Waals surface area contributed by atoms with E-state index < -0.39 is 16.1 Å². The molecule has 7 nitrogen and oxygen atoms in total. The molecule has 2 aliphatic heterocycles. The molecule has 0 aliphatic carbocycles. The number of para-hydroxylation sites is 1. The van der Waals surface area contributed by atoms with Crippen LogP contribution >= 0.6 is 0 Å². The summed E-state index contributed by atoms with van der Waals surface area (Å²) < 4.78 is 26.5. The van der Waals surface area contributed by atoms with E-state index in [0.717, 1.165) is 30.3 Å². The van der Waals surface area contributed by atoms with Gasteiger partial charge >= 0.3 is 0 Å². The normalized spacial score (nSPS) is 22.4. The number of aliphatic hydroxyl groups excluding tert-OH is 1. The van der Waals surface area contributed by atoms with Crippen molar-refractivity contribution >= 4 is 21.6 Å². The number of likely N-dealkylation sites (tertiary alicyclic amines) is 1. The third-order valence-electron chi connectivity index (χ3n) is 6.25. The number of hydrogen-bond donors (Lipinski definition) is 1. The van der Waals surface area contributed by atoms with E-state index >= 15 is 0 Å². The molecule has 4 rings (SSSR count). The molecule has 1 unspecified atom stereocenters. The molecule has 3 atom stereocenters. The maximum absolute atomic E-state index is 13.7. The van der Waals surface area contributed by atoms with Gasteiger partial charge in [0.15, 0.2) is 0 Å². The summed E-state index contributed by atoms with van der Waals surface area (Å²) in [5.74, 6) is -0.227. The Balaban J connectivity index is 1.63. The van der Waals surface area contributed by atoms with Gasteiger partial charge in [-0.05, 0) is 23.6 Å². The van der Waals surface area contributed by atoms with Gasteiger partial charge in [0.05, 0.1) is 24.1 Å². The van der Waals surface area contributed by atoms with Gasteiger partial charge in [0.2, 0.25) is 15.9 Å². The fraction of sp³-hybridized carbons (Fsp3) is 0.435. The van der Waals surface area contributed by atoms with Gasteiger partial charge in [-0.15, -0.1) is 0 Å². The van der Waals surface area contributed by atoms with Crippen LogP contribution in [0.2, 0.25) is 0 Å². The third kappa shape index (κ3) is 4.46. The molecule has 0 bridgehead atoms. The van der Waals surface area contributed by atoms with Crippen LogP contribution in [0.3, 0.4) is 0 Å². The van der Waals surface area contributed by atoms with E-state index in [1.807, 2.05) is 42.5 Å². The number of carbonyl (C=O) groups excluding carboxylic acids is 1. The van der Waals surface area contributed by atoms with E-state index in [1.165, 1.54) is 4.31 Å². The summed E-state index contributed by atoms with van der Waals surface area (Å²) in [6, 6.07) is 16.0. The standard InChI is InChI=1S/C23H29N3O4S/c1-24(22(17-8-4-3-5-9-17)16-25-13-12-19(27)15-25)23(28)21-14-18-10-6-7-11-20(18)26(21)31(2,29)30/h3-11,19,21-22,27H,12-16H2,1-2H3/t19-,21?,22+/m0/s1. The number of anilines is 1. The second kappa shape index (κ2) is 8.61. The van der Waals surface area contributed by atoms with Crippen molar-refractivity contribution in [1.29, 1.82) is 0 Å². The molecule has 2 aliphatic rings. The molecule has 0 aromatic heterocycles. The lowest BCUT2D eigenvalue weighted by Gasteiger charge is -2.35. The number of sulfonamides is 1. The Morgan fingerprint density at radius 3 is 2.48 bits per heavy atom. The minimum atomic E-state index is -3.62. The number of carbonyl (C=O) groups is 1. The van der Waals surface area contributed by atoms with Crippen molar-refractivity contribution < 1.29 is 18.3 Å². The second-order valence-electron chi connectivity index (χ2n) is 8.49. The van der Waals surface area contributed by atoms with Crippen LogP contribution < -0.4 is 4.31 Å². The van der Waals surface area contributed by atoms with Gasteiger partial charge in [-0.2, -0.15) is 0 Å². The van der Waals surface area contributed by atoms with Crippen LogP contribution in [0.25, 0.3) is 0 Å². The van der Waals surface area contributed by atoms with Gasteiger partial charge < -0.3 is 10.0 Å². The molecule has 31 heavy (non-hydrogen) atoms. The number of rotatable bonds is 6. The lowest BCUT2D eigenvalue weighted by atomic mass is 10.0. The quantitative estimate of drug-likeness (QED) is 0.734. The first-order valence-electron chi connectivity index (χ1n) is 10.5. The first kappa shape index (κ1) is 21.8. The molecule has 1 amide bonds. The van der Waals surface area contributed by atoms with Crippen LogP contribution in [0.1, 0.15) is 23.6 Å². The molecular formula is C23H29N3O4S. The zero-order chi connectivity index (χ0) is 22.2. The minimum absolute atomic E-state index is 0.227. The Morgan fingerprint density at radius 2 is 1.84 bits per heavy atom. The predicted molar refractivity (Wildman–Crippen MR) is 120 cm³/mol. The number of fused-ring (bicyclic) bond motifs is 1. The zero-order valence-corrected chi connectivity index (χ0v) is 18.7. The average molecular weight is 444 g/mol. The van der Waals surface area contributed by atoms with E-state index in [1.54, 1.807) is 24.1 Å². The van der Waals surface area contributed by atoms with Gasteiger partial charge in [-0.3, -0.25) is 14.0 Å². The van der Waals surface area contributed by atoms with Crippen molar-refractivity contribution in [1.82, 2.24) is 9.80 Å². The SMILES string of the molecule is CN(C(=O)C1Cc2ccccc2N1S(C)(=O)=O)[C@H](CN1CC[C@H](O)C1)c1ccccc1. The number of nitrogens with zero attached hydrogens (tertiary/aromatic N) is 3. The molecule has 0 spiro atoms. The monoisotopic (exact) mass is 443 g/mol. The summed E-state index contributed by atoms with van der Waals surface area (Å²) in [4.78, 5) is 17.5. The van der Waals surface area contributed by atoms with Crippen molar-refractivity contribution in [2.24, 2.45) is 0 Å². The molecule has 2 heterocycles. The molecular weight excluding hydrogens is 414 g/mol. The van der Waals surface area contributed by atoms with Gasteiger partial charge in [0.25, 0.3) is 0 Å². The van der Waals surface area contributed by atoms with Crippen LogP contribution in [0.5, 0.6) is 0 Å². The maximum Gasteiger partial charge on any atom is 0.247 e. The Labute approximate surface area is 183 Å². The molecule has 1 fully saturated rings. The van der Waals surface area contributed by atoms with E-state index in [9.17, 15) is 18.3 Å². The summed E-state index contributed by atoms with van der Waals surface area (Å²) in [7, 11) is -1.88. The molecule has 0 saturated carbocycles. The average Bonchev–Trinajstić information content (AvgIpc) is 3.34. The van der Waals surface area contributed by atoms with E-state index in [0.29, 0.717) is 25.2 Å². The zero-order valence-electron chi connectivity index (χ0n) is 17.9. The van der Waals surface area contributed by atoms with Gasteiger partial charge in [0.1, 0.15) is 6.04 Å². The van der Waals surface area contributed by atoms with Crippen LogP contribution in [-0.4, -0.2) is 74.3 Å². The molecule has 166 valence electrons. The molecule has 0 radical (unpaired) electrons. The van der Waals surface area contributed by atoms with Gasteiger partial charge in [-0.25, -0.2) is 8.42 Å². The fourth-order valence-electron chi connectivity index (χ4n) is 4.69. The minimum Gasteiger partial charge on any atom is -0.392 e. The summed E-state index contributed by atoms with van der Waals surface area (Å²) in [5, 5.41) is 9.93. The smallest absolute Gasteiger partial charge is 0.247 e. The van der Waals surface area contributed by atoms with Gasteiger partial charge in [0, 0.05) is 33.1 Å². The molecule has 8 heteroatoms. The Hall–Kier alpha value is -2.42. The molecule has 1 saturated heterocycles. The summed E-state index contributed by atoms with van der Waals surface area (Å²) >= 11 is 0. The van der Waals surface area contributed by atoms with Crippen LogP contribution in [-0.2, 0) is 21.2 Å². The lowest BCUT2D eigenvalue weighted by Crippen LogP contribution is -2.50. The number of likely N-dealkylation sites (N-methyl/N-ethyl adjacent to an activating group) is 1. The fourth-order valence-corrected chi connectivity index (χ4v) is 5.86. The van der Waals surface area contributed by atoms with Crippen molar-refractivity contribution in [2.75, 3.05) is 37.2 Å². The summed E-state index contributed by atoms with van der Waals surface area (Å²) in [6.45, 7) is 1.94. The summed E-state index contributed by atoms with van der Waals surface area (Å²) in [6.07, 6.45) is 1.88. The highest BCUT2D eigenvalue weighted by molar-refractivity contribution is 7.92. The van der Waals surface area contributed by atoms with Crippen molar-refractivity contribution in [3.63, 3.8) is 0 Å². The highest BCUT2D eigenvalue weighted by atomic mass is 32.2. The number of hydrogen-bond acceptors (Lipinski definition) is 5. The summed E-state index contributed by atoms with van der Waals surface area (Å²) in [5.41, 5.74) is 2.43. The number of benzene rings is 2. The number of amides is 1. The molecule has 2 aromatic rings. The number of aliphatic hydroxyl groups is 1. The van der Waals surface area contributed by atoms with Crippen LogP contribution in [0, 0.1) is 0 Å². The van der Waals surface area contributed by atoms with Crippen molar-refractivity contribution in [3.05, 3.63) is 65.7 Å². The number of β-amino-alcohol motifs (C(OH)–C–C–N with tert-alkyl or cyclic N) is 1. The highest BCUT2D eigenvalue weighted by Crippen LogP contribution is 2.36. The largest absolute Gasteiger partial charge is 0.392 e. The van der Waals surface area contributed by atoms with E-state index in [4.69, 9.17) is 0 Å². The van der Waals surface area contributed by atoms with E-state index in [2.05, 4.69) is 4.90 Å². The highest BCUT2D eigenvalue weighted by Gasteiger charge is 2.42. The van der Waals surface area contributed by atoms with Crippen molar-refractivity contribution in [3.8, 4) is 0 Å². The lowest BCUT2D eigenvalue weighted by molar-refractivity contribution is -0.133. The predicted octanol–water partition coefficient (Wildman–Crippen LogP) is 1.64. The van der Waals surface area contributed by atoms with Gasteiger partial charge in [-0.1, -0.05) is 48.5 Å². The second-order valence-corrected chi connectivity index (χ2v) is 10.3. The van der Waals surface area contributed by atoms with E-state index in [-0.39, 0.29) is 18.1 Å². The maximum atomic E-state index is 13.7. The van der Waals surface area contributed by atoms with Crippen LogP contribution in [0.15, 0.2) is 54.6 Å². The Morgan fingerprint density at radius 1 is 1.16 bits per heavy atom. The Bertz CT molecular complexity index is 1040. The first-order chi connectivity index (χ1) is 14.8. The topological polar surface area (TPSA) is 81.2 Å². The Kier molecular flexibility index (Phi) is 6.05. The molecule has 1 N–H and O–H groups in total. The molecule has 2 aromatic carbocycles. The van der Waals surface area contributed by atoms with Crippen LogP contribution in [0.4, 0.5) is 5.69 Å². The van der Waals surface area contributed by atoms with Crippen molar-refractivity contribution in [2.45, 2.75) is 31.0 Å². The first-order valence-corrected chi connectivity index (χ1v) is 12.4.